The smallest absolute Gasteiger partial charge is 0.228 e. The molecule has 2 rings (SSSR count). The van der Waals surface area contributed by atoms with E-state index in [1.807, 2.05) is 56.4 Å². The van der Waals surface area contributed by atoms with Gasteiger partial charge in [-0.2, -0.15) is 0 Å². The third-order valence-corrected chi connectivity index (χ3v) is 3.01. The summed E-state index contributed by atoms with van der Waals surface area (Å²) in [6, 6.07) is 14.0. The number of amides is 1. The zero-order chi connectivity index (χ0) is 13.0. The zero-order valence-corrected chi connectivity index (χ0v) is 12.0. The zero-order valence-electron chi connectivity index (χ0n) is 11.1. The van der Waals surface area contributed by atoms with Gasteiger partial charge in [-0.3, -0.25) is 4.79 Å². The standard InChI is InChI=1S/C15H18N2O.ClH/c1-11(10-16-2)15(18)17-14-9-5-7-12-6-3-4-8-13(12)14;/h3-9,11,16H,10H2,1-2H3,(H,17,18);1H. The molecule has 0 saturated heterocycles. The average Bonchev–Trinajstić information content (AvgIpc) is 2.39. The van der Waals surface area contributed by atoms with Gasteiger partial charge in [0.2, 0.25) is 5.91 Å². The molecule has 0 fully saturated rings. The van der Waals surface area contributed by atoms with Crippen LogP contribution in [0.2, 0.25) is 0 Å². The highest BCUT2D eigenvalue weighted by Gasteiger charge is 2.12. The van der Waals surface area contributed by atoms with Crippen LogP contribution in [-0.2, 0) is 4.79 Å². The van der Waals surface area contributed by atoms with E-state index in [1.165, 1.54) is 0 Å². The lowest BCUT2D eigenvalue weighted by Gasteiger charge is -2.13. The van der Waals surface area contributed by atoms with Crippen molar-refractivity contribution in [2.24, 2.45) is 5.92 Å². The number of benzene rings is 2. The van der Waals surface area contributed by atoms with E-state index in [0.717, 1.165) is 16.5 Å². The Morgan fingerprint density at radius 2 is 1.84 bits per heavy atom. The van der Waals surface area contributed by atoms with Gasteiger partial charge in [0, 0.05) is 23.5 Å². The van der Waals surface area contributed by atoms with Gasteiger partial charge in [-0.05, 0) is 18.5 Å². The molecule has 0 aromatic heterocycles. The van der Waals surface area contributed by atoms with Crippen molar-refractivity contribution < 1.29 is 4.79 Å². The molecule has 2 aromatic rings. The Morgan fingerprint density at radius 1 is 1.16 bits per heavy atom. The number of rotatable bonds is 4. The SMILES string of the molecule is CNCC(C)C(=O)Nc1cccc2ccccc12.Cl. The van der Waals surface area contributed by atoms with Crippen LogP contribution in [0.5, 0.6) is 0 Å². The molecule has 0 aliphatic heterocycles. The van der Waals surface area contributed by atoms with Crippen molar-refractivity contribution >= 4 is 34.8 Å². The lowest BCUT2D eigenvalue weighted by molar-refractivity contribution is -0.119. The van der Waals surface area contributed by atoms with Crippen LogP contribution < -0.4 is 10.6 Å². The second-order valence-corrected chi connectivity index (χ2v) is 4.47. The predicted octanol–water partition coefficient (Wildman–Crippen LogP) is 3.06. The molecular weight excluding hydrogens is 260 g/mol. The fourth-order valence-electron chi connectivity index (χ4n) is 1.99. The Hall–Kier alpha value is -1.58. The van der Waals surface area contributed by atoms with E-state index in [4.69, 9.17) is 0 Å². The number of nitrogens with one attached hydrogen (secondary N) is 2. The van der Waals surface area contributed by atoms with Crippen LogP contribution >= 0.6 is 12.4 Å². The molecule has 0 saturated carbocycles. The van der Waals surface area contributed by atoms with Gasteiger partial charge >= 0.3 is 0 Å². The molecule has 1 unspecified atom stereocenters. The van der Waals surface area contributed by atoms with Gasteiger partial charge in [-0.15, -0.1) is 12.4 Å². The number of halogens is 1. The second kappa shape index (κ2) is 7.12. The minimum Gasteiger partial charge on any atom is -0.325 e. The number of carbonyl (C=O) groups is 1. The second-order valence-electron chi connectivity index (χ2n) is 4.47. The van der Waals surface area contributed by atoms with Crippen molar-refractivity contribution in [1.29, 1.82) is 0 Å². The first-order valence-electron chi connectivity index (χ1n) is 6.15. The summed E-state index contributed by atoms with van der Waals surface area (Å²) >= 11 is 0. The third-order valence-electron chi connectivity index (χ3n) is 3.01. The molecule has 0 radical (unpaired) electrons. The fraction of sp³-hybridized carbons (Fsp3) is 0.267. The molecule has 2 N–H and O–H groups in total. The summed E-state index contributed by atoms with van der Waals surface area (Å²) in [5.41, 5.74) is 0.876. The molecule has 0 bridgehead atoms. The highest BCUT2D eigenvalue weighted by Crippen LogP contribution is 2.23. The van der Waals surface area contributed by atoms with Crippen LogP contribution in [-0.4, -0.2) is 19.5 Å². The maximum absolute atomic E-state index is 12.0. The minimum absolute atomic E-state index is 0. The summed E-state index contributed by atoms with van der Waals surface area (Å²) in [5, 5.41) is 8.21. The molecule has 102 valence electrons. The maximum atomic E-state index is 12.0. The van der Waals surface area contributed by atoms with Gasteiger partial charge in [0.1, 0.15) is 0 Å². The number of fused-ring (bicyclic) bond motifs is 1. The summed E-state index contributed by atoms with van der Waals surface area (Å²) in [6.45, 7) is 2.59. The molecule has 1 amide bonds. The fourth-order valence-corrected chi connectivity index (χ4v) is 1.99. The molecule has 19 heavy (non-hydrogen) atoms. The molecule has 4 heteroatoms. The third kappa shape index (κ3) is 3.69. The van der Waals surface area contributed by atoms with E-state index in [1.54, 1.807) is 0 Å². The van der Waals surface area contributed by atoms with Gasteiger partial charge in [0.05, 0.1) is 0 Å². The molecule has 0 aliphatic rings. The largest absolute Gasteiger partial charge is 0.325 e. The van der Waals surface area contributed by atoms with Crippen LogP contribution in [0.1, 0.15) is 6.92 Å². The topological polar surface area (TPSA) is 41.1 Å². The van der Waals surface area contributed by atoms with Gasteiger partial charge in [0.25, 0.3) is 0 Å². The van der Waals surface area contributed by atoms with E-state index in [2.05, 4.69) is 10.6 Å². The van der Waals surface area contributed by atoms with Crippen molar-refractivity contribution in [2.45, 2.75) is 6.92 Å². The average molecular weight is 279 g/mol. The Labute approximate surface area is 119 Å². The first-order chi connectivity index (χ1) is 8.72. The highest BCUT2D eigenvalue weighted by atomic mass is 35.5. The highest BCUT2D eigenvalue weighted by molar-refractivity contribution is 6.02. The Kier molecular flexibility index (Phi) is 5.80. The van der Waals surface area contributed by atoms with Crippen LogP contribution in [0, 0.1) is 5.92 Å². The summed E-state index contributed by atoms with van der Waals surface area (Å²) in [6.07, 6.45) is 0. The van der Waals surface area contributed by atoms with Gasteiger partial charge in [-0.1, -0.05) is 43.3 Å². The molecule has 0 heterocycles. The van der Waals surface area contributed by atoms with E-state index in [9.17, 15) is 4.79 Å². The molecule has 1 atom stereocenters. The van der Waals surface area contributed by atoms with Crippen molar-refractivity contribution in [3.8, 4) is 0 Å². The van der Waals surface area contributed by atoms with Crippen LogP contribution in [0.15, 0.2) is 42.5 Å². The van der Waals surface area contributed by atoms with Crippen molar-refractivity contribution in [3.05, 3.63) is 42.5 Å². The van der Waals surface area contributed by atoms with E-state index < -0.39 is 0 Å². The summed E-state index contributed by atoms with van der Waals surface area (Å²) in [7, 11) is 1.85. The number of carbonyl (C=O) groups excluding carboxylic acids is 1. The van der Waals surface area contributed by atoms with E-state index in [0.29, 0.717) is 6.54 Å². The van der Waals surface area contributed by atoms with Crippen LogP contribution in [0.3, 0.4) is 0 Å². The summed E-state index contributed by atoms with van der Waals surface area (Å²) in [4.78, 5) is 12.0. The van der Waals surface area contributed by atoms with Gasteiger partial charge in [0.15, 0.2) is 0 Å². The predicted molar refractivity (Wildman–Crippen MR) is 82.9 cm³/mol. The van der Waals surface area contributed by atoms with Crippen LogP contribution in [0.4, 0.5) is 5.69 Å². The first-order valence-corrected chi connectivity index (χ1v) is 6.15. The molecule has 0 spiro atoms. The van der Waals surface area contributed by atoms with Gasteiger partial charge < -0.3 is 10.6 Å². The maximum Gasteiger partial charge on any atom is 0.228 e. The molecule has 3 nitrogen and oxygen atoms in total. The number of anilines is 1. The van der Waals surface area contributed by atoms with Crippen molar-refractivity contribution in [3.63, 3.8) is 0 Å². The number of hydrogen-bond donors (Lipinski definition) is 2. The lowest BCUT2D eigenvalue weighted by Crippen LogP contribution is -2.28. The normalized spacial score (nSPS) is 11.7. The lowest BCUT2D eigenvalue weighted by atomic mass is 10.1. The Balaban J connectivity index is 0.00000180. The summed E-state index contributed by atoms with van der Waals surface area (Å²) in [5.74, 6) is -0.00493. The van der Waals surface area contributed by atoms with Gasteiger partial charge in [-0.25, -0.2) is 0 Å². The number of hydrogen-bond acceptors (Lipinski definition) is 2. The van der Waals surface area contributed by atoms with E-state index in [-0.39, 0.29) is 24.2 Å². The summed E-state index contributed by atoms with van der Waals surface area (Å²) < 4.78 is 0. The first kappa shape index (κ1) is 15.5. The molecular formula is C15H19ClN2O. The Bertz CT molecular complexity index is 551. The Morgan fingerprint density at radius 3 is 2.58 bits per heavy atom. The molecule has 2 aromatic carbocycles. The van der Waals surface area contributed by atoms with Crippen LogP contribution in [0.25, 0.3) is 10.8 Å². The quantitative estimate of drug-likeness (QED) is 0.902. The van der Waals surface area contributed by atoms with Crippen molar-refractivity contribution in [2.75, 3.05) is 18.9 Å². The molecule has 0 aliphatic carbocycles. The van der Waals surface area contributed by atoms with Crippen molar-refractivity contribution in [1.82, 2.24) is 5.32 Å². The van der Waals surface area contributed by atoms with E-state index >= 15 is 0 Å². The monoisotopic (exact) mass is 278 g/mol. The minimum atomic E-state index is -0.0473.